The largest absolute Gasteiger partial charge is 0.478 e. The SMILES string of the molecule is C=C(C)C(=O)O.CCCCCCCCCCN. The van der Waals surface area contributed by atoms with Crippen molar-refractivity contribution in [1.82, 2.24) is 0 Å². The molecule has 17 heavy (non-hydrogen) atoms. The maximum atomic E-state index is 9.60. The molecule has 0 radical (unpaired) electrons. The lowest BCUT2D eigenvalue weighted by Crippen LogP contribution is -1.97. The van der Waals surface area contributed by atoms with Crippen LogP contribution in [-0.2, 0) is 4.79 Å². The lowest BCUT2D eigenvalue weighted by atomic mass is 10.1. The third-order valence-corrected chi connectivity index (χ3v) is 2.42. The van der Waals surface area contributed by atoms with Crippen molar-refractivity contribution in [1.29, 1.82) is 0 Å². The highest BCUT2D eigenvalue weighted by Gasteiger charge is 1.90. The van der Waals surface area contributed by atoms with Crippen molar-refractivity contribution >= 4 is 5.97 Å². The Balaban J connectivity index is 0. The zero-order chi connectivity index (χ0) is 13.5. The minimum Gasteiger partial charge on any atom is -0.478 e. The molecule has 0 rings (SSSR count). The minimum atomic E-state index is -0.935. The van der Waals surface area contributed by atoms with Gasteiger partial charge in [0.25, 0.3) is 0 Å². The van der Waals surface area contributed by atoms with Gasteiger partial charge >= 0.3 is 5.97 Å². The van der Waals surface area contributed by atoms with Gasteiger partial charge in [0.15, 0.2) is 0 Å². The van der Waals surface area contributed by atoms with Gasteiger partial charge in [0.2, 0.25) is 0 Å². The van der Waals surface area contributed by atoms with Crippen LogP contribution in [-0.4, -0.2) is 17.6 Å². The van der Waals surface area contributed by atoms with Gasteiger partial charge in [-0.25, -0.2) is 4.79 Å². The van der Waals surface area contributed by atoms with Crippen molar-refractivity contribution in [2.24, 2.45) is 5.73 Å². The number of hydrogen-bond acceptors (Lipinski definition) is 2. The van der Waals surface area contributed by atoms with Gasteiger partial charge in [-0.3, -0.25) is 0 Å². The Morgan fingerprint density at radius 3 is 1.71 bits per heavy atom. The zero-order valence-electron chi connectivity index (χ0n) is 11.5. The quantitative estimate of drug-likeness (QED) is 0.479. The first-order chi connectivity index (χ1) is 8.06. The van der Waals surface area contributed by atoms with Crippen LogP contribution in [0, 0.1) is 0 Å². The predicted octanol–water partition coefficient (Wildman–Crippen LogP) is 3.73. The third-order valence-electron chi connectivity index (χ3n) is 2.42. The maximum absolute atomic E-state index is 9.60. The van der Waals surface area contributed by atoms with E-state index >= 15 is 0 Å². The summed E-state index contributed by atoms with van der Waals surface area (Å²) in [6, 6.07) is 0. The van der Waals surface area contributed by atoms with Crippen LogP contribution < -0.4 is 5.73 Å². The van der Waals surface area contributed by atoms with E-state index in [1.807, 2.05) is 0 Å². The standard InChI is InChI=1S/C10H23N.C4H6O2/c1-2-3-4-5-6-7-8-9-10-11;1-3(2)4(5)6/h2-11H2,1H3;1H2,2H3,(H,5,6). The second-order valence-electron chi connectivity index (χ2n) is 4.35. The summed E-state index contributed by atoms with van der Waals surface area (Å²) < 4.78 is 0. The smallest absolute Gasteiger partial charge is 0.330 e. The summed E-state index contributed by atoms with van der Waals surface area (Å²) in [7, 11) is 0. The van der Waals surface area contributed by atoms with E-state index in [0.29, 0.717) is 0 Å². The molecule has 0 aromatic rings. The highest BCUT2D eigenvalue weighted by Crippen LogP contribution is 2.07. The molecule has 0 spiro atoms. The average molecular weight is 243 g/mol. The van der Waals surface area contributed by atoms with Gasteiger partial charge in [0, 0.05) is 5.57 Å². The minimum absolute atomic E-state index is 0.176. The second-order valence-corrected chi connectivity index (χ2v) is 4.35. The Bertz CT molecular complexity index is 171. The Hall–Kier alpha value is -0.830. The second kappa shape index (κ2) is 15.2. The fourth-order valence-corrected chi connectivity index (χ4v) is 1.28. The van der Waals surface area contributed by atoms with Gasteiger partial charge in [0.05, 0.1) is 0 Å². The monoisotopic (exact) mass is 243 g/mol. The molecule has 0 aromatic heterocycles. The van der Waals surface area contributed by atoms with Crippen molar-refractivity contribution in [3.05, 3.63) is 12.2 Å². The molecule has 0 heterocycles. The molecule has 102 valence electrons. The van der Waals surface area contributed by atoms with Gasteiger partial charge in [-0.1, -0.05) is 58.4 Å². The Kier molecular flexibility index (Phi) is 16.5. The summed E-state index contributed by atoms with van der Waals surface area (Å²) in [6.07, 6.45) is 11.0. The van der Waals surface area contributed by atoms with Crippen LogP contribution in [0.1, 0.15) is 65.2 Å². The third kappa shape index (κ3) is 21.1. The highest BCUT2D eigenvalue weighted by atomic mass is 16.4. The number of carbonyl (C=O) groups is 1. The van der Waals surface area contributed by atoms with E-state index in [-0.39, 0.29) is 5.57 Å². The van der Waals surface area contributed by atoms with Crippen molar-refractivity contribution in [2.75, 3.05) is 6.54 Å². The summed E-state index contributed by atoms with van der Waals surface area (Å²) in [4.78, 5) is 9.60. The van der Waals surface area contributed by atoms with E-state index in [9.17, 15) is 4.79 Å². The molecule has 3 N–H and O–H groups in total. The van der Waals surface area contributed by atoms with E-state index in [1.54, 1.807) is 0 Å². The molecule has 0 aromatic carbocycles. The first-order valence-electron chi connectivity index (χ1n) is 6.65. The summed E-state index contributed by atoms with van der Waals surface area (Å²) in [5.74, 6) is -0.935. The predicted molar refractivity (Wildman–Crippen MR) is 74.1 cm³/mol. The van der Waals surface area contributed by atoms with Crippen LogP contribution in [0.25, 0.3) is 0 Å². The summed E-state index contributed by atoms with van der Waals surface area (Å²) in [5.41, 5.74) is 5.57. The van der Waals surface area contributed by atoms with Gasteiger partial charge in [-0.2, -0.15) is 0 Å². The summed E-state index contributed by atoms with van der Waals surface area (Å²) in [6.45, 7) is 7.73. The van der Waals surface area contributed by atoms with Crippen LogP contribution >= 0.6 is 0 Å². The molecular weight excluding hydrogens is 214 g/mol. The van der Waals surface area contributed by atoms with Crippen molar-refractivity contribution in [3.63, 3.8) is 0 Å². The lowest BCUT2D eigenvalue weighted by Gasteiger charge is -1.99. The first-order valence-corrected chi connectivity index (χ1v) is 6.65. The average Bonchev–Trinajstić information content (AvgIpc) is 2.29. The molecule has 0 atom stereocenters. The topological polar surface area (TPSA) is 63.3 Å². The van der Waals surface area contributed by atoms with E-state index in [0.717, 1.165) is 6.54 Å². The molecule has 0 fully saturated rings. The molecule has 0 aliphatic carbocycles. The Labute approximate surface area is 106 Å². The number of rotatable bonds is 9. The molecular formula is C14H29NO2. The number of nitrogens with two attached hydrogens (primary N) is 1. The van der Waals surface area contributed by atoms with E-state index in [2.05, 4.69) is 13.5 Å². The molecule has 3 nitrogen and oxygen atoms in total. The molecule has 0 bridgehead atoms. The Morgan fingerprint density at radius 1 is 1.06 bits per heavy atom. The van der Waals surface area contributed by atoms with Crippen LogP contribution in [0.15, 0.2) is 12.2 Å². The van der Waals surface area contributed by atoms with Crippen LogP contribution in [0.5, 0.6) is 0 Å². The molecule has 0 saturated heterocycles. The molecule has 0 aliphatic rings. The van der Waals surface area contributed by atoms with Crippen LogP contribution in [0.2, 0.25) is 0 Å². The molecule has 0 unspecified atom stereocenters. The number of carboxylic acid groups (broad SMARTS) is 1. The zero-order valence-corrected chi connectivity index (χ0v) is 11.5. The van der Waals surface area contributed by atoms with Crippen molar-refractivity contribution in [3.8, 4) is 0 Å². The van der Waals surface area contributed by atoms with Gasteiger partial charge in [-0.15, -0.1) is 0 Å². The molecule has 0 aliphatic heterocycles. The highest BCUT2D eigenvalue weighted by molar-refractivity contribution is 5.84. The number of carboxylic acids is 1. The van der Waals surface area contributed by atoms with Crippen LogP contribution in [0.4, 0.5) is 0 Å². The van der Waals surface area contributed by atoms with Gasteiger partial charge in [0.1, 0.15) is 0 Å². The van der Waals surface area contributed by atoms with E-state index in [4.69, 9.17) is 10.8 Å². The fourth-order valence-electron chi connectivity index (χ4n) is 1.28. The van der Waals surface area contributed by atoms with Crippen LogP contribution in [0.3, 0.4) is 0 Å². The lowest BCUT2D eigenvalue weighted by molar-refractivity contribution is -0.132. The first kappa shape index (κ1) is 18.5. The maximum Gasteiger partial charge on any atom is 0.330 e. The summed E-state index contributed by atoms with van der Waals surface area (Å²) >= 11 is 0. The Morgan fingerprint density at radius 2 is 1.41 bits per heavy atom. The molecule has 3 heteroatoms. The van der Waals surface area contributed by atoms with Crippen molar-refractivity contribution in [2.45, 2.75) is 65.2 Å². The number of hydrogen-bond donors (Lipinski definition) is 2. The van der Waals surface area contributed by atoms with Gasteiger partial charge in [-0.05, 0) is 19.9 Å². The number of unbranched alkanes of at least 4 members (excludes halogenated alkanes) is 7. The van der Waals surface area contributed by atoms with Crippen molar-refractivity contribution < 1.29 is 9.90 Å². The summed E-state index contributed by atoms with van der Waals surface area (Å²) in [5, 5.41) is 7.89. The normalized spacial score (nSPS) is 9.35. The fraction of sp³-hybridized carbons (Fsp3) is 0.786. The molecule has 0 amide bonds. The van der Waals surface area contributed by atoms with E-state index in [1.165, 1.54) is 58.3 Å². The number of aliphatic carboxylic acids is 1. The van der Waals surface area contributed by atoms with Gasteiger partial charge < -0.3 is 10.8 Å². The molecule has 0 saturated carbocycles. The van der Waals surface area contributed by atoms with E-state index < -0.39 is 5.97 Å².